The minimum absolute atomic E-state index is 0.0615. The molecule has 2 amide bonds. The molecule has 2 heterocycles. The zero-order valence-electron chi connectivity index (χ0n) is 17.3. The summed E-state index contributed by atoms with van der Waals surface area (Å²) < 4.78 is 1.17. The van der Waals surface area contributed by atoms with Crippen LogP contribution in [0, 0.1) is 6.92 Å². The van der Waals surface area contributed by atoms with Crippen molar-refractivity contribution >= 4 is 51.1 Å². The predicted molar refractivity (Wildman–Crippen MR) is 127 cm³/mol. The van der Waals surface area contributed by atoms with Crippen molar-refractivity contribution in [1.29, 1.82) is 0 Å². The zero-order valence-corrected chi connectivity index (χ0v) is 18.9. The molecule has 32 heavy (non-hydrogen) atoms. The van der Waals surface area contributed by atoms with Gasteiger partial charge in [-0.15, -0.1) is 0 Å². The number of thiazole rings is 1. The summed E-state index contributed by atoms with van der Waals surface area (Å²) in [5.41, 5.74) is 2.21. The van der Waals surface area contributed by atoms with Crippen molar-refractivity contribution in [1.82, 2.24) is 9.38 Å². The molecule has 0 saturated carbocycles. The largest absolute Gasteiger partial charge is 0.321 e. The molecule has 0 spiro atoms. The Morgan fingerprint density at radius 2 is 1.59 bits per heavy atom. The molecule has 0 saturated heterocycles. The van der Waals surface area contributed by atoms with E-state index in [0.717, 1.165) is 23.3 Å². The number of aromatic nitrogens is 2. The molecule has 0 radical (unpaired) electrons. The molecule has 4 rings (SSSR count). The van der Waals surface area contributed by atoms with Crippen molar-refractivity contribution in [3.8, 4) is 0 Å². The molecule has 162 valence electrons. The van der Waals surface area contributed by atoms with Crippen molar-refractivity contribution < 1.29 is 9.59 Å². The molecule has 0 aliphatic heterocycles. The molecule has 0 unspecified atom stereocenters. The maximum Gasteiger partial charge on any atom is 0.274 e. The lowest BCUT2D eigenvalue weighted by Crippen LogP contribution is -2.25. The monoisotopic (exact) mass is 466 g/mol. The Hall–Kier alpha value is -3.49. The Balaban J connectivity index is 1.76. The third kappa shape index (κ3) is 4.42. The van der Waals surface area contributed by atoms with Gasteiger partial charge in [-0.1, -0.05) is 42.0 Å². The fraction of sp³-hybridized carbons (Fsp3) is 0.130. The Bertz CT molecular complexity index is 1380. The molecule has 7 nitrogen and oxygen atoms in total. The molecular formula is C23H19ClN4O3S. The van der Waals surface area contributed by atoms with Gasteiger partial charge < -0.3 is 10.6 Å². The van der Waals surface area contributed by atoms with Gasteiger partial charge in [0.1, 0.15) is 10.6 Å². The summed E-state index contributed by atoms with van der Waals surface area (Å²) in [7, 11) is 0. The van der Waals surface area contributed by atoms with Crippen molar-refractivity contribution in [2.45, 2.75) is 20.3 Å². The van der Waals surface area contributed by atoms with Crippen LogP contribution >= 0.6 is 22.9 Å². The van der Waals surface area contributed by atoms with Crippen molar-refractivity contribution in [3.63, 3.8) is 0 Å². The summed E-state index contributed by atoms with van der Waals surface area (Å²) in [4.78, 5) is 43.7. The molecule has 4 aromatic rings. The van der Waals surface area contributed by atoms with E-state index in [9.17, 15) is 14.4 Å². The number of hydrogen-bond acceptors (Lipinski definition) is 5. The molecule has 0 fully saturated rings. The van der Waals surface area contributed by atoms with Gasteiger partial charge in [0.15, 0.2) is 4.96 Å². The van der Waals surface area contributed by atoms with Crippen molar-refractivity contribution in [3.05, 3.63) is 91.8 Å². The van der Waals surface area contributed by atoms with E-state index in [2.05, 4.69) is 15.6 Å². The molecule has 0 atom stereocenters. The summed E-state index contributed by atoms with van der Waals surface area (Å²) in [5.74, 6) is -1.10. The molecule has 2 aromatic carbocycles. The quantitative estimate of drug-likeness (QED) is 0.442. The Labute approximate surface area is 192 Å². The van der Waals surface area contributed by atoms with E-state index in [1.807, 2.05) is 19.1 Å². The smallest absolute Gasteiger partial charge is 0.274 e. The first-order chi connectivity index (χ1) is 15.4. The number of carbonyl (C=O) groups excluding carboxylic acids is 2. The van der Waals surface area contributed by atoms with Gasteiger partial charge in [-0.25, -0.2) is 9.38 Å². The lowest BCUT2D eigenvalue weighted by molar-refractivity contribution is 0.0989. The first-order valence-corrected chi connectivity index (χ1v) is 11.1. The van der Waals surface area contributed by atoms with Crippen LogP contribution in [0.4, 0.5) is 11.4 Å². The second kappa shape index (κ2) is 8.94. The zero-order chi connectivity index (χ0) is 22.8. The standard InChI is InChI=1S/C23H19ClN4O3S/c1-3-14-4-8-16(9-5-14)26-21(30)19-20(22(31)27-17-10-6-15(24)7-11-17)32-23-25-13(2)12-18(29)28(19)23/h4-12H,3H2,1-2H3,(H,26,30)(H,27,31). The van der Waals surface area contributed by atoms with E-state index < -0.39 is 17.4 Å². The van der Waals surface area contributed by atoms with Crippen LogP contribution < -0.4 is 16.2 Å². The van der Waals surface area contributed by atoms with Crippen LogP contribution in [-0.2, 0) is 6.42 Å². The second-order valence-electron chi connectivity index (χ2n) is 7.10. The molecular weight excluding hydrogens is 448 g/mol. The summed E-state index contributed by atoms with van der Waals surface area (Å²) in [6, 6.07) is 15.3. The highest BCUT2D eigenvalue weighted by molar-refractivity contribution is 7.19. The number of rotatable bonds is 5. The van der Waals surface area contributed by atoms with Gasteiger partial charge in [0.25, 0.3) is 17.4 Å². The second-order valence-corrected chi connectivity index (χ2v) is 8.51. The van der Waals surface area contributed by atoms with E-state index in [0.29, 0.717) is 22.1 Å². The summed E-state index contributed by atoms with van der Waals surface area (Å²) in [5, 5.41) is 6.06. The van der Waals surface area contributed by atoms with Crippen LogP contribution in [-0.4, -0.2) is 21.2 Å². The topological polar surface area (TPSA) is 92.6 Å². The highest BCUT2D eigenvalue weighted by atomic mass is 35.5. The number of nitrogens with one attached hydrogen (secondary N) is 2. The minimum Gasteiger partial charge on any atom is -0.321 e. The van der Waals surface area contributed by atoms with E-state index in [4.69, 9.17) is 11.6 Å². The van der Waals surface area contributed by atoms with Gasteiger partial charge >= 0.3 is 0 Å². The van der Waals surface area contributed by atoms with Crippen LogP contribution in [0.5, 0.6) is 0 Å². The molecule has 2 aromatic heterocycles. The average Bonchev–Trinajstić information content (AvgIpc) is 3.16. The van der Waals surface area contributed by atoms with Crippen molar-refractivity contribution in [2.75, 3.05) is 10.6 Å². The fourth-order valence-corrected chi connectivity index (χ4v) is 4.37. The minimum atomic E-state index is -0.575. The van der Waals surface area contributed by atoms with Crippen LogP contribution in [0.2, 0.25) is 5.02 Å². The highest BCUT2D eigenvalue weighted by Gasteiger charge is 2.26. The number of carbonyl (C=O) groups is 2. The number of fused-ring (bicyclic) bond motifs is 1. The number of anilines is 2. The van der Waals surface area contributed by atoms with Crippen LogP contribution in [0.3, 0.4) is 0 Å². The number of nitrogens with zero attached hydrogens (tertiary/aromatic N) is 2. The van der Waals surface area contributed by atoms with Gasteiger partial charge in [0.05, 0.1) is 0 Å². The van der Waals surface area contributed by atoms with Crippen LogP contribution in [0.15, 0.2) is 59.4 Å². The van der Waals surface area contributed by atoms with Gasteiger partial charge in [0.2, 0.25) is 0 Å². The third-order valence-corrected chi connectivity index (χ3v) is 6.08. The molecule has 0 bridgehead atoms. The lowest BCUT2D eigenvalue weighted by atomic mass is 10.1. The Kier molecular flexibility index (Phi) is 6.07. The number of aryl methyl sites for hydroxylation is 2. The molecule has 9 heteroatoms. The SMILES string of the molecule is CCc1ccc(NC(=O)c2c(C(=O)Nc3ccc(Cl)cc3)sc3nc(C)cc(=O)n23)cc1. The molecule has 0 aliphatic carbocycles. The normalized spacial score (nSPS) is 10.8. The maximum absolute atomic E-state index is 13.2. The lowest BCUT2D eigenvalue weighted by Gasteiger charge is -2.09. The van der Waals surface area contributed by atoms with Crippen LogP contribution in [0.25, 0.3) is 4.96 Å². The number of hydrogen-bond donors (Lipinski definition) is 2. The van der Waals surface area contributed by atoms with E-state index in [1.54, 1.807) is 43.3 Å². The van der Waals surface area contributed by atoms with Gasteiger partial charge in [-0.3, -0.25) is 14.4 Å². The van der Waals surface area contributed by atoms with Crippen LogP contribution in [0.1, 0.15) is 38.3 Å². The first kappa shape index (κ1) is 21.7. The van der Waals surface area contributed by atoms with Gasteiger partial charge in [-0.2, -0.15) is 0 Å². The number of benzene rings is 2. The van der Waals surface area contributed by atoms with Crippen molar-refractivity contribution in [2.24, 2.45) is 0 Å². The summed E-state index contributed by atoms with van der Waals surface area (Å²) in [6.45, 7) is 3.72. The third-order valence-electron chi connectivity index (χ3n) is 4.79. The summed E-state index contributed by atoms with van der Waals surface area (Å²) in [6.07, 6.45) is 0.874. The highest BCUT2D eigenvalue weighted by Crippen LogP contribution is 2.24. The van der Waals surface area contributed by atoms with E-state index in [-0.39, 0.29) is 15.5 Å². The summed E-state index contributed by atoms with van der Waals surface area (Å²) >= 11 is 6.88. The fourth-order valence-electron chi connectivity index (χ4n) is 3.18. The van der Waals surface area contributed by atoms with E-state index >= 15 is 0 Å². The average molecular weight is 467 g/mol. The molecule has 0 aliphatic rings. The van der Waals surface area contributed by atoms with Gasteiger partial charge in [0, 0.05) is 28.2 Å². The van der Waals surface area contributed by atoms with Gasteiger partial charge in [-0.05, 0) is 55.3 Å². The predicted octanol–water partition coefficient (Wildman–Crippen LogP) is 4.78. The Morgan fingerprint density at radius 1 is 1.00 bits per heavy atom. The number of halogens is 1. The van der Waals surface area contributed by atoms with E-state index in [1.165, 1.54) is 10.5 Å². The maximum atomic E-state index is 13.2. The molecule has 2 N–H and O–H groups in total. The Morgan fingerprint density at radius 3 is 2.22 bits per heavy atom. The first-order valence-electron chi connectivity index (χ1n) is 9.86. The number of amides is 2.